The van der Waals surface area contributed by atoms with E-state index in [1.807, 2.05) is 0 Å². The van der Waals surface area contributed by atoms with E-state index >= 15 is 0 Å². The second-order valence-electron chi connectivity index (χ2n) is 5.33. The first-order valence-corrected chi connectivity index (χ1v) is 7.65. The van der Waals surface area contributed by atoms with Crippen LogP contribution in [0.4, 0.5) is 11.6 Å². The lowest BCUT2D eigenvalue weighted by Gasteiger charge is -2.35. The van der Waals surface area contributed by atoms with Gasteiger partial charge in [-0.1, -0.05) is 16.8 Å². The average Bonchev–Trinajstić information content (AvgIpc) is 2.93. The summed E-state index contributed by atoms with van der Waals surface area (Å²) in [4.78, 5) is 24.3. The van der Waals surface area contributed by atoms with Crippen LogP contribution >= 0.6 is 11.6 Å². The molecule has 1 N–H and O–H groups in total. The molecule has 0 bridgehead atoms. The molecule has 3 rings (SSSR count). The highest BCUT2D eigenvalue weighted by atomic mass is 35.5. The number of aromatic nitrogens is 3. The maximum Gasteiger partial charge on any atom is 0.239 e. The van der Waals surface area contributed by atoms with Gasteiger partial charge in [0, 0.05) is 32.2 Å². The van der Waals surface area contributed by atoms with Gasteiger partial charge in [-0.3, -0.25) is 9.69 Å². The van der Waals surface area contributed by atoms with Crippen LogP contribution in [0.5, 0.6) is 0 Å². The lowest BCUT2D eigenvalue weighted by Crippen LogP contribution is -2.49. The number of aryl methyl sites for hydroxylation is 1. The number of anilines is 2. The normalized spacial score (nSPS) is 15.7. The topological polar surface area (TPSA) is 87.4 Å². The van der Waals surface area contributed by atoms with Crippen molar-refractivity contribution in [2.75, 3.05) is 42.9 Å². The van der Waals surface area contributed by atoms with Crippen LogP contribution in [0, 0.1) is 6.92 Å². The van der Waals surface area contributed by atoms with Crippen molar-refractivity contribution in [3.05, 3.63) is 29.4 Å². The molecule has 1 amide bonds. The third-order valence-electron chi connectivity index (χ3n) is 3.58. The second-order valence-corrected chi connectivity index (χ2v) is 5.74. The first kappa shape index (κ1) is 15.7. The van der Waals surface area contributed by atoms with Crippen molar-refractivity contribution < 1.29 is 9.32 Å². The van der Waals surface area contributed by atoms with E-state index in [2.05, 4.69) is 30.2 Å². The molecule has 0 unspecified atom stereocenters. The number of piperazine rings is 1. The summed E-state index contributed by atoms with van der Waals surface area (Å²) < 4.78 is 4.92. The third kappa shape index (κ3) is 3.96. The number of amides is 1. The Morgan fingerprint density at radius 1 is 1.39 bits per heavy atom. The zero-order chi connectivity index (χ0) is 16.2. The molecular weight excluding hydrogens is 320 g/mol. The van der Waals surface area contributed by atoms with Gasteiger partial charge in [-0.15, -0.1) is 0 Å². The maximum atomic E-state index is 12.0. The highest BCUT2D eigenvalue weighted by Crippen LogP contribution is 2.22. The monoisotopic (exact) mass is 336 g/mol. The molecule has 122 valence electrons. The number of nitrogens with one attached hydrogen (secondary N) is 1. The average molecular weight is 337 g/mol. The predicted octanol–water partition coefficient (Wildman–Crippen LogP) is 1.19. The van der Waals surface area contributed by atoms with Gasteiger partial charge in [-0.25, -0.2) is 9.97 Å². The molecule has 0 radical (unpaired) electrons. The van der Waals surface area contributed by atoms with E-state index in [-0.39, 0.29) is 5.91 Å². The van der Waals surface area contributed by atoms with Gasteiger partial charge in [0.1, 0.15) is 17.1 Å². The van der Waals surface area contributed by atoms with E-state index in [1.165, 1.54) is 6.33 Å². The van der Waals surface area contributed by atoms with Crippen molar-refractivity contribution in [3.63, 3.8) is 0 Å². The molecule has 0 atom stereocenters. The second kappa shape index (κ2) is 6.93. The van der Waals surface area contributed by atoms with Crippen LogP contribution in [0.25, 0.3) is 0 Å². The van der Waals surface area contributed by atoms with Gasteiger partial charge in [0.05, 0.1) is 12.7 Å². The van der Waals surface area contributed by atoms with Crippen molar-refractivity contribution in [3.8, 4) is 0 Å². The van der Waals surface area contributed by atoms with Crippen LogP contribution in [-0.4, -0.2) is 58.7 Å². The van der Waals surface area contributed by atoms with Crippen LogP contribution < -0.4 is 10.2 Å². The molecule has 2 aromatic rings. The summed E-state index contributed by atoms with van der Waals surface area (Å²) in [7, 11) is 0. The molecule has 8 nitrogen and oxygen atoms in total. The van der Waals surface area contributed by atoms with Crippen molar-refractivity contribution >= 4 is 29.1 Å². The third-order valence-corrected chi connectivity index (χ3v) is 3.85. The molecule has 0 aromatic carbocycles. The Morgan fingerprint density at radius 3 is 2.83 bits per heavy atom. The highest BCUT2D eigenvalue weighted by molar-refractivity contribution is 6.32. The largest absolute Gasteiger partial charge is 0.360 e. The lowest BCUT2D eigenvalue weighted by atomic mass is 10.3. The van der Waals surface area contributed by atoms with Gasteiger partial charge in [0.25, 0.3) is 0 Å². The summed E-state index contributed by atoms with van der Waals surface area (Å²) in [5.74, 6) is 1.74. The van der Waals surface area contributed by atoms with E-state index in [0.717, 1.165) is 32.0 Å². The number of halogens is 1. The first-order chi connectivity index (χ1) is 11.1. The minimum Gasteiger partial charge on any atom is -0.360 e. The van der Waals surface area contributed by atoms with Gasteiger partial charge in [0.2, 0.25) is 5.91 Å². The zero-order valence-corrected chi connectivity index (χ0v) is 13.5. The minimum absolute atomic E-state index is 0.105. The highest BCUT2D eigenvalue weighted by Gasteiger charge is 2.21. The summed E-state index contributed by atoms with van der Waals surface area (Å²) in [6.45, 7) is 5.12. The van der Waals surface area contributed by atoms with Crippen molar-refractivity contribution in [1.29, 1.82) is 0 Å². The maximum absolute atomic E-state index is 12.0. The van der Waals surface area contributed by atoms with Gasteiger partial charge in [0.15, 0.2) is 11.6 Å². The van der Waals surface area contributed by atoms with E-state index in [4.69, 9.17) is 16.1 Å². The van der Waals surface area contributed by atoms with Crippen molar-refractivity contribution in [2.24, 2.45) is 0 Å². The Hall–Kier alpha value is -2.19. The van der Waals surface area contributed by atoms with Crippen LogP contribution in [0.2, 0.25) is 5.02 Å². The quantitative estimate of drug-likeness (QED) is 0.897. The van der Waals surface area contributed by atoms with Gasteiger partial charge >= 0.3 is 0 Å². The van der Waals surface area contributed by atoms with Gasteiger partial charge in [-0.05, 0) is 6.92 Å². The summed E-state index contributed by atoms with van der Waals surface area (Å²) >= 11 is 6.11. The fourth-order valence-corrected chi connectivity index (χ4v) is 2.69. The number of carbonyl (C=O) groups is 1. The Bertz CT molecular complexity index is 683. The van der Waals surface area contributed by atoms with Gasteiger partial charge < -0.3 is 14.7 Å². The summed E-state index contributed by atoms with van der Waals surface area (Å²) in [5.41, 5.74) is 0. The standard InChI is InChI=1S/C14H17ClN6O2/c1-10-6-12(19-23-10)18-13(22)8-20-2-4-21(5-3-20)14-11(15)7-16-9-17-14/h6-7,9H,2-5,8H2,1H3,(H,18,19,22). The molecule has 0 spiro atoms. The molecule has 9 heteroatoms. The Balaban J connectivity index is 1.49. The number of carbonyl (C=O) groups excluding carboxylic acids is 1. The molecule has 2 aromatic heterocycles. The molecule has 3 heterocycles. The molecule has 23 heavy (non-hydrogen) atoms. The Labute approximate surface area is 138 Å². The Kier molecular flexibility index (Phi) is 4.73. The number of hydrogen-bond acceptors (Lipinski definition) is 7. The predicted molar refractivity (Wildman–Crippen MR) is 85.6 cm³/mol. The van der Waals surface area contributed by atoms with E-state index in [0.29, 0.717) is 23.1 Å². The van der Waals surface area contributed by atoms with Crippen LogP contribution in [-0.2, 0) is 4.79 Å². The number of hydrogen-bond donors (Lipinski definition) is 1. The molecule has 1 fully saturated rings. The van der Waals surface area contributed by atoms with E-state index in [9.17, 15) is 4.79 Å². The lowest BCUT2D eigenvalue weighted by molar-refractivity contribution is -0.117. The fraction of sp³-hybridized carbons (Fsp3) is 0.429. The van der Waals surface area contributed by atoms with Crippen LogP contribution in [0.3, 0.4) is 0 Å². The summed E-state index contributed by atoms with van der Waals surface area (Å²) in [6.07, 6.45) is 3.07. The zero-order valence-electron chi connectivity index (χ0n) is 12.7. The molecule has 0 saturated carbocycles. The first-order valence-electron chi connectivity index (χ1n) is 7.28. The van der Waals surface area contributed by atoms with Crippen LogP contribution in [0.1, 0.15) is 5.76 Å². The van der Waals surface area contributed by atoms with Crippen LogP contribution in [0.15, 0.2) is 23.1 Å². The molecular formula is C14H17ClN6O2. The van der Waals surface area contributed by atoms with Gasteiger partial charge in [-0.2, -0.15) is 0 Å². The fourth-order valence-electron chi connectivity index (χ4n) is 2.47. The SMILES string of the molecule is Cc1cc(NC(=O)CN2CCN(c3ncncc3Cl)CC2)no1. The Morgan fingerprint density at radius 2 is 2.17 bits per heavy atom. The molecule has 0 aliphatic carbocycles. The summed E-state index contributed by atoms with van der Waals surface area (Å²) in [6, 6.07) is 1.69. The summed E-state index contributed by atoms with van der Waals surface area (Å²) in [5, 5.41) is 7.01. The van der Waals surface area contributed by atoms with E-state index < -0.39 is 0 Å². The van der Waals surface area contributed by atoms with E-state index in [1.54, 1.807) is 19.2 Å². The number of nitrogens with zero attached hydrogens (tertiary/aromatic N) is 5. The number of rotatable bonds is 4. The van der Waals surface area contributed by atoms with Crippen molar-refractivity contribution in [1.82, 2.24) is 20.0 Å². The minimum atomic E-state index is -0.105. The van der Waals surface area contributed by atoms with Crippen molar-refractivity contribution in [2.45, 2.75) is 6.92 Å². The molecule has 1 aliphatic rings. The molecule has 1 aliphatic heterocycles. The molecule has 1 saturated heterocycles. The smallest absolute Gasteiger partial charge is 0.239 e.